The van der Waals surface area contributed by atoms with Crippen molar-refractivity contribution in [2.24, 2.45) is 5.92 Å². The number of benzene rings is 1. The molecular weight excluding hydrogens is 224 g/mol. The molecule has 0 spiro atoms. The maximum absolute atomic E-state index is 11.9. The molecule has 3 nitrogen and oxygen atoms in total. The molecule has 0 saturated carbocycles. The Morgan fingerprint density at radius 1 is 1.39 bits per heavy atom. The Balaban J connectivity index is 2.36. The van der Waals surface area contributed by atoms with E-state index in [2.05, 4.69) is 13.8 Å². The van der Waals surface area contributed by atoms with Gasteiger partial charge < -0.3 is 10.6 Å². The lowest BCUT2D eigenvalue weighted by atomic mass is 10.1. The zero-order valence-electron chi connectivity index (χ0n) is 11.6. The van der Waals surface area contributed by atoms with E-state index in [1.165, 1.54) is 0 Å². The fourth-order valence-corrected chi connectivity index (χ4v) is 1.77. The Labute approximate surface area is 110 Å². The quantitative estimate of drug-likeness (QED) is 0.787. The van der Waals surface area contributed by atoms with Crippen LogP contribution in [0.3, 0.4) is 0 Å². The second-order valence-corrected chi connectivity index (χ2v) is 5.24. The highest BCUT2D eigenvalue weighted by Gasteiger charge is 2.09. The third-order valence-electron chi connectivity index (χ3n) is 3.05. The highest BCUT2D eigenvalue weighted by molar-refractivity contribution is 5.76. The molecule has 0 bridgehead atoms. The van der Waals surface area contributed by atoms with Gasteiger partial charge in [-0.15, -0.1) is 0 Å². The molecule has 0 saturated heterocycles. The summed E-state index contributed by atoms with van der Waals surface area (Å²) in [4.78, 5) is 13.7. The third-order valence-corrected chi connectivity index (χ3v) is 3.05. The number of nitrogens with two attached hydrogens (primary N) is 1. The van der Waals surface area contributed by atoms with Gasteiger partial charge in [-0.1, -0.05) is 26.0 Å². The minimum Gasteiger partial charge on any atom is -0.399 e. The summed E-state index contributed by atoms with van der Waals surface area (Å²) in [6.45, 7) is 5.18. The molecular formula is C15H24N2O. The van der Waals surface area contributed by atoms with Crippen LogP contribution in [0.4, 0.5) is 5.69 Å². The summed E-state index contributed by atoms with van der Waals surface area (Å²) in [6.07, 6.45) is 2.37. The Morgan fingerprint density at radius 2 is 2.11 bits per heavy atom. The Morgan fingerprint density at radius 3 is 2.72 bits per heavy atom. The zero-order chi connectivity index (χ0) is 13.5. The molecule has 0 fully saturated rings. The van der Waals surface area contributed by atoms with E-state index < -0.39 is 0 Å². The SMILES string of the molecule is CC(C)CCN(C)C(=O)CCc1cccc(N)c1. The summed E-state index contributed by atoms with van der Waals surface area (Å²) in [5.41, 5.74) is 7.59. The number of carbonyl (C=O) groups is 1. The average Bonchev–Trinajstić information content (AvgIpc) is 2.33. The molecule has 0 aromatic heterocycles. The largest absolute Gasteiger partial charge is 0.399 e. The van der Waals surface area contributed by atoms with Gasteiger partial charge in [-0.25, -0.2) is 0 Å². The first-order valence-electron chi connectivity index (χ1n) is 6.57. The van der Waals surface area contributed by atoms with Crippen LogP contribution >= 0.6 is 0 Å². The second kappa shape index (κ2) is 7.04. The third kappa shape index (κ3) is 5.21. The van der Waals surface area contributed by atoms with Crippen LogP contribution in [-0.2, 0) is 11.2 Å². The molecule has 0 unspecified atom stereocenters. The van der Waals surface area contributed by atoms with Gasteiger partial charge in [0.05, 0.1) is 0 Å². The van der Waals surface area contributed by atoms with Crippen LogP contribution in [0.2, 0.25) is 0 Å². The molecule has 0 aliphatic heterocycles. The molecule has 0 radical (unpaired) electrons. The van der Waals surface area contributed by atoms with E-state index in [0.29, 0.717) is 12.3 Å². The summed E-state index contributed by atoms with van der Waals surface area (Å²) in [7, 11) is 1.88. The summed E-state index contributed by atoms with van der Waals surface area (Å²) in [6, 6.07) is 7.73. The number of hydrogen-bond donors (Lipinski definition) is 1. The van der Waals surface area contributed by atoms with E-state index in [0.717, 1.165) is 30.6 Å². The van der Waals surface area contributed by atoms with E-state index in [-0.39, 0.29) is 5.91 Å². The van der Waals surface area contributed by atoms with Gasteiger partial charge >= 0.3 is 0 Å². The van der Waals surface area contributed by atoms with Crippen LogP contribution in [0.15, 0.2) is 24.3 Å². The lowest BCUT2D eigenvalue weighted by molar-refractivity contribution is -0.130. The summed E-state index contributed by atoms with van der Waals surface area (Å²) < 4.78 is 0. The second-order valence-electron chi connectivity index (χ2n) is 5.24. The number of anilines is 1. The average molecular weight is 248 g/mol. The van der Waals surface area contributed by atoms with Gasteiger partial charge in [-0.2, -0.15) is 0 Å². The smallest absolute Gasteiger partial charge is 0.222 e. The number of nitrogen functional groups attached to an aromatic ring is 1. The van der Waals surface area contributed by atoms with Crippen molar-refractivity contribution in [3.63, 3.8) is 0 Å². The Bertz CT molecular complexity index is 388. The maximum Gasteiger partial charge on any atom is 0.222 e. The van der Waals surface area contributed by atoms with Crippen molar-refractivity contribution in [1.82, 2.24) is 4.90 Å². The molecule has 0 atom stereocenters. The van der Waals surface area contributed by atoms with Crippen molar-refractivity contribution in [2.45, 2.75) is 33.1 Å². The zero-order valence-corrected chi connectivity index (χ0v) is 11.6. The molecule has 0 heterocycles. The van der Waals surface area contributed by atoms with Crippen molar-refractivity contribution in [3.8, 4) is 0 Å². The number of carbonyl (C=O) groups excluding carboxylic acids is 1. The minimum absolute atomic E-state index is 0.207. The number of hydrogen-bond acceptors (Lipinski definition) is 2. The van der Waals surface area contributed by atoms with Crippen LogP contribution < -0.4 is 5.73 Å². The number of amides is 1. The van der Waals surface area contributed by atoms with Gasteiger partial charge in [0, 0.05) is 25.7 Å². The molecule has 1 amide bonds. The molecule has 1 aromatic carbocycles. The number of aryl methyl sites for hydroxylation is 1. The first-order valence-corrected chi connectivity index (χ1v) is 6.57. The molecule has 0 aliphatic carbocycles. The van der Waals surface area contributed by atoms with Gasteiger partial charge in [0.1, 0.15) is 0 Å². The molecule has 100 valence electrons. The lowest BCUT2D eigenvalue weighted by Gasteiger charge is -2.18. The van der Waals surface area contributed by atoms with Crippen LogP contribution in [-0.4, -0.2) is 24.4 Å². The maximum atomic E-state index is 11.9. The van der Waals surface area contributed by atoms with Crippen molar-refractivity contribution in [1.29, 1.82) is 0 Å². The van der Waals surface area contributed by atoms with Gasteiger partial charge in [-0.3, -0.25) is 4.79 Å². The summed E-state index contributed by atoms with van der Waals surface area (Å²) >= 11 is 0. The van der Waals surface area contributed by atoms with E-state index in [1.54, 1.807) is 0 Å². The van der Waals surface area contributed by atoms with Gasteiger partial charge in [0.15, 0.2) is 0 Å². The normalized spacial score (nSPS) is 10.7. The van der Waals surface area contributed by atoms with Crippen molar-refractivity contribution < 1.29 is 4.79 Å². The summed E-state index contributed by atoms with van der Waals surface area (Å²) in [5.74, 6) is 0.840. The van der Waals surface area contributed by atoms with Crippen molar-refractivity contribution >= 4 is 11.6 Å². The summed E-state index contributed by atoms with van der Waals surface area (Å²) in [5, 5.41) is 0. The van der Waals surface area contributed by atoms with E-state index >= 15 is 0 Å². The molecule has 1 rings (SSSR count). The van der Waals surface area contributed by atoms with Crippen LogP contribution in [0.25, 0.3) is 0 Å². The topological polar surface area (TPSA) is 46.3 Å². The molecule has 0 aliphatic rings. The Kier molecular flexibility index (Phi) is 5.69. The molecule has 2 N–H and O–H groups in total. The van der Waals surface area contributed by atoms with Gasteiger partial charge in [0.25, 0.3) is 0 Å². The fourth-order valence-electron chi connectivity index (χ4n) is 1.77. The van der Waals surface area contributed by atoms with E-state index in [4.69, 9.17) is 5.73 Å². The minimum atomic E-state index is 0.207. The number of rotatable bonds is 6. The highest BCUT2D eigenvalue weighted by atomic mass is 16.2. The van der Waals surface area contributed by atoms with Crippen LogP contribution in [0.1, 0.15) is 32.3 Å². The lowest BCUT2D eigenvalue weighted by Crippen LogP contribution is -2.28. The standard InChI is InChI=1S/C15H24N2O/c1-12(2)9-10-17(3)15(18)8-7-13-5-4-6-14(16)11-13/h4-6,11-12H,7-10,16H2,1-3H3. The fraction of sp³-hybridized carbons (Fsp3) is 0.533. The molecule has 3 heteroatoms. The number of nitrogens with zero attached hydrogens (tertiary/aromatic N) is 1. The molecule has 1 aromatic rings. The van der Waals surface area contributed by atoms with Crippen molar-refractivity contribution in [3.05, 3.63) is 29.8 Å². The first-order chi connectivity index (χ1) is 8.49. The highest BCUT2D eigenvalue weighted by Crippen LogP contribution is 2.10. The van der Waals surface area contributed by atoms with E-state index in [9.17, 15) is 4.79 Å². The Hall–Kier alpha value is -1.51. The van der Waals surface area contributed by atoms with Gasteiger partial charge in [-0.05, 0) is 36.5 Å². The van der Waals surface area contributed by atoms with Crippen LogP contribution in [0, 0.1) is 5.92 Å². The first kappa shape index (κ1) is 14.6. The predicted molar refractivity (Wildman–Crippen MR) is 76.3 cm³/mol. The van der Waals surface area contributed by atoms with Crippen LogP contribution in [0.5, 0.6) is 0 Å². The molecule has 18 heavy (non-hydrogen) atoms. The predicted octanol–water partition coefficient (Wildman–Crippen LogP) is 2.71. The monoisotopic (exact) mass is 248 g/mol. The van der Waals surface area contributed by atoms with Crippen molar-refractivity contribution in [2.75, 3.05) is 19.3 Å². The van der Waals surface area contributed by atoms with E-state index in [1.807, 2.05) is 36.2 Å². The van der Waals surface area contributed by atoms with Gasteiger partial charge in [0.2, 0.25) is 5.91 Å².